The van der Waals surface area contributed by atoms with Crippen LogP contribution >= 0.6 is 12.4 Å². The lowest BCUT2D eigenvalue weighted by Crippen LogP contribution is -2.42. The van der Waals surface area contributed by atoms with Crippen LogP contribution in [0, 0.1) is 5.41 Å². The third-order valence-corrected chi connectivity index (χ3v) is 2.89. The molecule has 1 N–H and O–H groups in total. The second-order valence-electron chi connectivity index (χ2n) is 3.56. The number of halogens is 3. The molecule has 2 aliphatic carbocycles. The number of hydrogen-bond donors (Lipinski definition) is 1. The fourth-order valence-electron chi connectivity index (χ4n) is 1.91. The summed E-state index contributed by atoms with van der Waals surface area (Å²) in [5, 5.41) is 3.00. The van der Waals surface area contributed by atoms with Gasteiger partial charge in [0.15, 0.2) is 0 Å². The van der Waals surface area contributed by atoms with Crippen LogP contribution in [-0.2, 0) is 0 Å². The lowest BCUT2D eigenvalue weighted by molar-refractivity contribution is 0.0157. The topological polar surface area (TPSA) is 12.0 Å². The zero-order valence-corrected chi connectivity index (χ0v) is 7.18. The first-order chi connectivity index (χ1) is 4.60. The molecule has 0 unspecified atom stereocenters. The minimum Gasteiger partial charge on any atom is -0.317 e. The molecule has 0 saturated heterocycles. The van der Waals surface area contributed by atoms with E-state index in [1.54, 1.807) is 0 Å². The summed E-state index contributed by atoms with van der Waals surface area (Å²) in [6.07, 6.45) is 1.49. The Morgan fingerprint density at radius 2 is 1.82 bits per heavy atom. The molecular weight excluding hydrogens is 172 g/mol. The van der Waals surface area contributed by atoms with Crippen molar-refractivity contribution in [2.75, 3.05) is 7.05 Å². The Kier molecular flexibility index (Phi) is 1.92. The summed E-state index contributed by atoms with van der Waals surface area (Å²) in [7, 11) is 1.83. The van der Waals surface area contributed by atoms with Gasteiger partial charge in [-0.1, -0.05) is 0 Å². The molecular formula is C7H12ClF2N. The van der Waals surface area contributed by atoms with Crippen molar-refractivity contribution in [1.82, 2.24) is 5.32 Å². The molecule has 0 aromatic heterocycles. The van der Waals surface area contributed by atoms with E-state index in [0.29, 0.717) is 18.9 Å². The van der Waals surface area contributed by atoms with E-state index < -0.39 is 11.3 Å². The molecule has 2 rings (SSSR count). The van der Waals surface area contributed by atoms with Crippen LogP contribution in [0.4, 0.5) is 8.78 Å². The fraction of sp³-hybridized carbons (Fsp3) is 1.00. The van der Waals surface area contributed by atoms with Gasteiger partial charge in [0.1, 0.15) is 0 Å². The average molecular weight is 184 g/mol. The Balaban J connectivity index is 0.000000605. The van der Waals surface area contributed by atoms with Crippen molar-refractivity contribution in [3.63, 3.8) is 0 Å². The van der Waals surface area contributed by atoms with Crippen LogP contribution in [0.25, 0.3) is 0 Å². The van der Waals surface area contributed by atoms with Gasteiger partial charge in [-0.2, -0.15) is 0 Å². The van der Waals surface area contributed by atoms with Gasteiger partial charge in [-0.15, -0.1) is 12.4 Å². The molecule has 2 fully saturated rings. The van der Waals surface area contributed by atoms with Crippen molar-refractivity contribution in [2.45, 2.75) is 31.2 Å². The first kappa shape index (κ1) is 9.20. The zero-order valence-electron chi connectivity index (χ0n) is 6.36. The summed E-state index contributed by atoms with van der Waals surface area (Å²) in [6.45, 7) is 0. The smallest absolute Gasteiger partial charge is 0.254 e. The summed E-state index contributed by atoms with van der Waals surface area (Å²) < 4.78 is 25.0. The summed E-state index contributed by atoms with van der Waals surface area (Å²) in [5.74, 6) is -2.32. The van der Waals surface area contributed by atoms with Crippen molar-refractivity contribution < 1.29 is 8.78 Å². The molecule has 11 heavy (non-hydrogen) atoms. The standard InChI is InChI=1S/C7H11F2N.ClH/c1-10-5-2-6(3-5)4-7(6,8)9;/h5,10H,2-4H2,1H3;1H. The first-order valence-corrected chi connectivity index (χ1v) is 3.65. The van der Waals surface area contributed by atoms with Crippen molar-refractivity contribution in [3.8, 4) is 0 Å². The molecule has 0 aromatic carbocycles. The van der Waals surface area contributed by atoms with E-state index in [1.165, 1.54) is 0 Å². The van der Waals surface area contributed by atoms with Crippen molar-refractivity contribution in [2.24, 2.45) is 5.41 Å². The second kappa shape index (κ2) is 2.30. The molecule has 0 heterocycles. The highest BCUT2D eigenvalue weighted by Gasteiger charge is 2.75. The van der Waals surface area contributed by atoms with Crippen molar-refractivity contribution >= 4 is 12.4 Å². The van der Waals surface area contributed by atoms with E-state index in [1.807, 2.05) is 7.05 Å². The molecule has 0 radical (unpaired) electrons. The Labute approximate surface area is 71.0 Å². The number of alkyl halides is 2. The number of hydrogen-bond acceptors (Lipinski definition) is 1. The molecule has 0 atom stereocenters. The second-order valence-corrected chi connectivity index (χ2v) is 3.56. The van der Waals surface area contributed by atoms with Gasteiger partial charge in [0.2, 0.25) is 0 Å². The largest absolute Gasteiger partial charge is 0.317 e. The summed E-state index contributed by atoms with van der Waals surface area (Å²) in [4.78, 5) is 0. The van der Waals surface area contributed by atoms with E-state index in [0.717, 1.165) is 0 Å². The van der Waals surface area contributed by atoms with Gasteiger partial charge in [-0.3, -0.25) is 0 Å². The summed E-state index contributed by atoms with van der Waals surface area (Å²) >= 11 is 0. The van der Waals surface area contributed by atoms with Crippen molar-refractivity contribution in [3.05, 3.63) is 0 Å². The Morgan fingerprint density at radius 1 is 1.36 bits per heavy atom. The molecule has 0 bridgehead atoms. The Bertz CT molecular complexity index is 166. The lowest BCUT2D eigenvalue weighted by Gasteiger charge is -2.35. The van der Waals surface area contributed by atoms with E-state index in [9.17, 15) is 8.78 Å². The van der Waals surface area contributed by atoms with Crippen LogP contribution < -0.4 is 5.32 Å². The predicted molar refractivity (Wildman–Crippen MR) is 41.3 cm³/mol. The summed E-state index contributed by atoms with van der Waals surface area (Å²) in [5.41, 5.74) is -0.555. The SMILES string of the molecule is CNC1CC2(C1)CC2(F)F.Cl. The first-order valence-electron chi connectivity index (χ1n) is 3.65. The van der Waals surface area contributed by atoms with Gasteiger partial charge < -0.3 is 5.32 Å². The van der Waals surface area contributed by atoms with Crippen LogP contribution in [0.2, 0.25) is 0 Å². The van der Waals surface area contributed by atoms with Crippen LogP contribution in [-0.4, -0.2) is 19.0 Å². The van der Waals surface area contributed by atoms with E-state index in [2.05, 4.69) is 5.32 Å². The predicted octanol–water partition coefficient (Wildman–Crippen LogP) is 1.82. The number of rotatable bonds is 1. The number of nitrogens with one attached hydrogen (secondary N) is 1. The molecule has 2 saturated carbocycles. The maximum absolute atomic E-state index is 12.5. The van der Waals surface area contributed by atoms with Gasteiger partial charge in [0, 0.05) is 17.9 Å². The highest BCUT2D eigenvalue weighted by Crippen LogP contribution is 2.70. The molecule has 0 aromatic rings. The van der Waals surface area contributed by atoms with Crippen LogP contribution in [0.15, 0.2) is 0 Å². The van der Waals surface area contributed by atoms with Gasteiger partial charge in [-0.25, -0.2) is 8.78 Å². The normalized spacial score (nSPS) is 44.5. The van der Waals surface area contributed by atoms with Crippen LogP contribution in [0.3, 0.4) is 0 Å². The highest BCUT2D eigenvalue weighted by atomic mass is 35.5. The molecule has 0 aliphatic heterocycles. The molecule has 1 spiro atoms. The van der Waals surface area contributed by atoms with E-state index >= 15 is 0 Å². The zero-order chi connectivity index (χ0) is 7.41. The van der Waals surface area contributed by atoms with Gasteiger partial charge >= 0.3 is 0 Å². The Hall–Kier alpha value is 0.110. The van der Waals surface area contributed by atoms with E-state index in [-0.39, 0.29) is 18.8 Å². The molecule has 66 valence electrons. The maximum Gasteiger partial charge on any atom is 0.254 e. The van der Waals surface area contributed by atoms with Crippen LogP contribution in [0.1, 0.15) is 19.3 Å². The maximum atomic E-state index is 12.5. The monoisotopic (exact) mass is 183 g/mol. The third kappa shape index (κ3) is 1.05. The lowest BCUT2D eigenvalue weighted by atomic mass is 9.76. The quantitative estimate of drug-likeness (QED) is 0.654. The minimum atomic E-state index is -2.32. The molecule has 0 amide bonds. The van der Waals surface area contributed by atoms with E-state index in [4.69, 9.17) is 0 Å². The van der Waals surface area contributed by atoms with Gasteiger partial charge in [0.25, 0.3) is 5.92 Å². The van der Waals surface area contributed by atoms with Gasteiger partial charge in [-0.05, 0) is 19.9 Å². The average Bonchev–Trinajstić information content (AvgIpc) is 2.30. The molecule has 4 heteroatoms. The third-order valence-electron chi connectivity index (χ3n) is 2.89. The molecule has 2 aliphatic rings. The minimum absolute atomic E-state index is 0. The van der Waals surface area contributed by atoms with Crippen LogP contribution in [0.5, 0.6) is 0 Å². The molecule has 1 nitrogen and oxygen atoms in total. The van der Waals surface area contributed by atoms with Crippen molar-refractivity contribution in [1.29, 1.82) is 0 Å². The highest BCUT2D eigenvalue weighted by molar-refractivity contribution is 5.85. The van der Waals surface area contributed by atoms with Gasteiger partial charge in [0.05, 0.1) is 0 Å². The Morgan fingerprint density at radius 3 is 2.09 bits per heavy atom. The fourth-order valence-corrected chi connectivity index (χ4v) is 1.91. The summed E-state index contributed by atoms with van der Waals surface area (Å²) in [6, 6.07) is 0.355.